The van der Waals surface area contributed by atoms with Crippen molar-refractivity contribution in [2.45, 2.75) is 58.7 Å². The summed E-state index contributed by atoms with van der Waals surface area (Å²) in [6, 6.07) is 10.2. The fraction of sp³-hybridized carbons (Fsp3) is 0.647. The van der Waals surface area contributed by atoms with Crippen LogP contribution in [0.5, 0.6) is 0 Å². The zero-order chi connectivity index (χ0) is 13.7. The van der Waals surface area contributed by atoms with Crippen LogP contribution in [-0.2, 0) is 6.54 Å². The van der Waals surface area contributed by atoms with E-state index >= 15 is 0 Å². The predicted molar refractivity (Wildman–Crippen MR) is 82.4 cm³/mol. The smallest absolute Gasteiger partial charge is 0.0237 e. The minimum Gasteiger partial charge on any atom is -0.313 e. The summed E-state index contributed by atoms with van der Waals surface area (Å²) in [6.07, 6.45) is 4.07. The zero-order valence-corrected chi connectivity index (χ0v) is 12.7. The second kappa shape index (κ2) is 7.06. The van der Waals surface area contributed by atoms with Crippen LogP contribution in [0, 0.1) is 6.92 Å². The van der Waals surface area contributed by atoms with Gasteiger partial charge in [0, 0.05) is 25.2 Å². The van der Waals surface area contributed by atoms with Crippen LogP contribution in [0.1, 0.15) is 44.2 Å². The van der Waals surface area contributed by atoms with Gasteiger partial charge in [-0.3, -0.25) is 4.90 Å². The van der Waals surface area contributed by atoms with Crippen molar-refractivity contribution in [2.24, 2.45) is 0 Å². The van der Waals surface area contributed by atoms with E-state index in [2.05, 4.69) is 55.3 Å². The fourth-order valence-corrected chi connectivity index (χ4v) is 2.92. The van der Waals surface area contributed by atoms with Crippen LogP contribution in [0.15, 0.2) is 24.3 Å². The van der Waals surface area contributed by atoms with Crippen LogP contribution < -0.4 is 5.32 Å². The second-order valence-electron chi connectivity index (χ2n) is 6.17. The minimum atomic E-state index is 0.586. The number of benzene rings is 1. The van der Waals surface area contributed by atoms with Gasteiger partial charge >= 0.3 is 0 Å². The molecule has 1 saturated heterocycles. The second-order valence-corrected chi connectivity index (χ2v) is 6.17. The average Bonchev–Trinajstić information content (AvgIpc) is 2.38. The van der Waals surface area contributed by atoms with Crippen molar-refractivity contribution in [1.29, 1.82) is 0 Å². The molecule has 0 radical (unpaired) electrons. The van der Waals surface area contributed by atoms with E-state index in [1.54, 1.807) is 0 Å². The van der Waals surface area contributed by atoms with Crippen molar-refractivity contribution in [3.63, 3.8) is 0 Å². The summed E-state index contributed by atoms with van der Waals surface area (Å²) in [7, 11) is 0. The molecule has 106 valence electrons. The molecule has 1 aromatic carbocycles. The van der Waals surface area contributed by atoms with E-state index < -0.39 is 0 Å². The summed E-state index contributed by atoms with van der Waals surface area (Å²) in [5, 5.41) is 3.60. The largest absolute Gasteiger partial charge is 0.313 e. The molecule has 1 unspecified atom stereocenters. The highest BCUT2D eigenvalue weighted by atomic mass is 15.2. The van der Waals surface area contributed by atoms with E-state index in [0.717, 1.165) is 13.1 Å². The first kappa shape index (κ1) is 14.5. The van der Waals surface area contributed by atoms with Gasteiger partial charge in [0.1, 0.15) is 0 Å². The lowest BCUT2D eigenvalue weighted by Gasteiger charge is -2.36. The minimum absolute atomic E-state index is 0.586. The molecular formula is C17H28N2. The Kier molecular flexibility index (Phi) is 5.41. The van der Waals surface area contributed by atoms with E-state index in [1.807, 2.05) is 0 Å². The quantitative estimate of drug-likeness (QED) is 0.873. The number of likely N-dealkylation sites (tertiary alicyclic amines) is 1. The summed E-state index contributed by atoms with van der Waals surface area (Å²) in [4.78, 5) is 2.66. The van der Waals surface area contributed by atoms with Gasteiger partial charge in [0.2, 0.25) is 0 Å². The number of hydrogen-bond acceptors (Lipinski definition) is 2. The maximum absolute atomic E-state index is 3.60. The molecule has 0 saturated carbocycles. The van der Waals surface area contributed by atoms with E-state index in [9.17, 15) is 0 Å². The Labute approximate surface area is 118 Å². The number of aryl methyl sites for hydroxylation is 1. The van der Waals surface area contributed by atoms with E-state index in [0.29, 0.717) is 12.1 Å². The van der Waals surface area contributed by atoms with Crippen molar-refractivity contribution >= 4 is 0 Å². The standard InChI is InChI=1S/C17H28N2/c1-14(2)18-12-17-9-4-5-10-19(17)13-16-8-6-7-15(3)11-16/h6-8,11,14,17-18H,4-5,9-10,12-13H2,1-3H3. The molecule has 1 aliphatic rings. The molecule has 1 fully saturated rings. The number of rotatable bonds is 5. The van der Waals surface area contributed by atoms with Crippen LogP contribution in [0.4, 0.5) is 0 Å². The van der Waals surface area contributed by atoms with Gasteiger partial charge in [0.05, 0.1) is 0 Å². The Morgan fingerprint density at radius 2 is 2.16 bits per heavy atom. The summed E-state index contributed by atoms with van der Waals surface area (Å²) in [5.74, 6) is 0. The normalized spacial score (nSPS) is 20.9. The first-order chi connectivity index (χ1) is 9.15. The van der Waals surface area contributed by atoms with Crippen LogP contribution in [-0.4, -0.2) is 30.1 Å². The van der Waals surface area contributed by atoms with Gasteiger partial charge in [-0.05, 0) is 31.9 Å². The van der Waals surface area contributed by atoms with Crippen molar-refractivity contribution in [1.82, 2.24) is 10.2 Å². The van der Waals surface area contributed by atoms with Gasteiger partial charge in [-0.1, -0.05) is 50.1 Å². The molecule has 0 spiro atoms. The third-order valence-corrected chi connectivity index (χ3v) is 3.98. The predicted octanol–water partition coefficient (Wildman–Crippen LogP) is 3.35. The Hall–Kier alpha value is -0.860. The Bertz CT molecular complexity index is 387. The highest BCUT2D eigenvalue weighted by Crippen LogP contribution is 2.19. The maximum atomic E-state index is 3.60. The molecule has 1 N–H and O–H groups in total. The molecule has 0 amide bonds. The van der Waals surface area contributed by atoms with E-state index in [4.69, 9.17) is 0 Å². The molecule has 0 aliphatic carbocycles. The molecule has 1 aliphatic heterocycles. The molecule has 1 aromatic rings. The van der Waals surface area contributed by atoms with Crippen LogP contribution in [0.2, 0.25) is 0 Å². The third kappa shape index (κ3) is 4.63. The molecule has 1 heterocycles. The maximum Gasteiger partial charge on any atom is 0.0237 e. The highest BCUT2D eigenvalue weighted by Gasteiger charge is 2.22. The van der Waals surface area contributed by atoms with Crippen molar-refractivity contribution in [3.8, 4) is 0 Å². The van der Waals surface area contributed by atoms with E-state index in [-0.39, 0.29) is 0 Å². The van der Waals surface area contributed by atoms with Crippen LogP contribution in [0.3, 0.4) is 0 Å². The topological polar surface area (TPSA) is 15.3 Å². The lowest BCUT2D eigenvalue weighted by Crippen LogP contribution is -2.46. The van der Waals surface area contributed by atoms with Crippen molar-refractivity contribution in [2.75, 3.05) is 13.1 Å². The first-order valence-corrected chi connectivity index (χ1v) is 7.68. The molecule has 1 atom stereocenters. The average molecular weight is 260 g/mol. The lowest BCUT2D eigenvalue weighted by molar-refractivity contribution is 0.135. The molecule has 0 aromatic heterocycles. The zero-order valence-electron chi connectivity index (χ0n) is 12.7. The molecule has 2 rings (SSSR count). The summed E-state index contributed by atoms with van der Waals surface area (Å²) >= 11 is 0. The van der Waals surface area contributed by atoms with Gasteiger partial charge < -0.3 is 5.32 Å². The van der Waals surface area contributed by atoms with Crippen molar-refractivity contribution in [3.05, 3.63) is 35.4 Å². The SMILES string of the molecule is Cc1cccc(CN2CCCCC2CNC(C)C)c1. The van der Waals surface area contributed by atoms with Gasteiger partial charge in [-0.2, -0.15) is 0 Å². The summed E-state index contributed by atoms with van der Waals surface area (Å²) < 4.78 is 0. The monoisotopic (exact) mass is 260 g/mol. The van der Waals surface area contributed by atoms with E-state index in [1.165, 1.54) is 36.9 Å². The van der Waals surface area contributed by atoms with Crippen LogP contribution in [0.25, 0.3) is 0 Å². The lowest BCUT2D eigenvalue weighted by atomic mass is 10.0. The van der Waals surface area contributed by atoms with Gasteiger partial charge in [0.15, 0.2) is 0 Å². The molecule has 2 heteroatoms. The van der Waals surface area contributed by atoms with Gasteiger partial charge in [0.25, 0.3) is 0 Å². The number of piperidine rings is 1. The molecule has 2 nitrogen and oxygen atoms in total. The Morgan fingerprint density at radius 1 is 1.32 bits per heavy atom. The Morgan fingerprint density at radius 3 is 2.89 bits per heavy atom. The number of nitrogens with one attached hydrogen (secondary N) is 1. The molecular weight excluding hydrogens is 232 g/mol. The fourth-order valence-electron chi connectivity index (χ4n) is 2.92. The highest BCUT2D eigenvalue weighted by molar-refractivity contribution is 5.22. The first-order valence-electron chi connectivity index (χ1n) is 7.68. The Balaban J connectivity index is 1.95. The molecule has 0 bridgehead atoms. The number of hydrogen-bond donors (Lipinski definition) is 1. The van der Waals surface area contributed by atoms with Gasteiger partial charge in [-0.25, -0.2) is 0 Å². The summed E-state index contributed by atoms with van der Waals surface area (Å²) in [5.41, 5.74) is 2.82. The third-order valence-electron chi connectivity index (χ3n) is 3.98. The summed E-state index contributed by atoms with van der Waals surface area (Å²) in [6.45, 7) is 10.1. The van der Waals surface area contributed by atoms with Crippen LogP contribution >= 0.6 is 0 Å². The van der Waals surface area contributed by atoms with Crippen molar-refractivity contribution < 1.29 is 0 Å². The molecule has 19 heavy (non-hydrogen) atoms. The van der Waals surface area contributed by atoms with Gasteiger partial charge in [-0.15, -0.1) is 0 Å². The number of nitrogens with zero attached hydrogens (tertiary/aromatic N) is 1.